The number of aliphatic hydroxyl groups is 1. The Morgan fingerprint density at radius 3 is 2.41 bits per heavy atom. The first kappa shape index (κ1) is 22.0. The second kappa shape index (κ2) is 10.4. The Labute approximate surface area is 175 Å². The van der Waals surface area contributed by atoms with Gasteiger partial charge in [0, 0.05) is 25.0 Å². The molecule has 0 aliphatic carbocycles. The maximum absolute atomic E-state index is 12.9. The Morgan fingerprint density at radius 1 is 1.10 bits per heavy atom. The number of hydrogen-bond acceptors (Lipinski definition) is 6. The van der Waals surface area contributed by atoms with Gasteiger partial charge in [-0.2, -0.15) is 4.31 Å². The molecule has 2 aromatic rings. The molecule has 0 unspecified atom stereocenters. The van der Waals surface area contributed by atoms with Gasteiger partial charge in [0.1, 0.15) is 23.1 Å². The molecule has 1 atom stereocenters. The minimum Gasteiger partial charge on any atom is -0.491 e. The minimum atomic E-state index is -3.51. The molecule has 0 spiro atoms. The normalized spacial score (nSPS) is 16.9. The molecule has 29 heavy (non-hydrogen) atoms. The van der Waals surface area contributed by atoms with Crippen LogP contribution in [0.2, 0.25) is 0 Å². The van der Waals surface area contributed by atoms with Gasteiger partial charge in [-0.3, -0.25) is 0 Å². The summed E-state index contributed by atoms with van der Waals surface area (Å²) in [5.74, 6) is 0.476. The molecular formula is C20H25FN2O4S2. The van der Waals surface area contributed by atoms with Crippen LogP contribution in [0.4, 0.5) is 4.39 Å². The van der Waals surface area contributed by atoms with Crippen LogP contribution in [0, 0.1) is 5.82 Å². The lowest BCUT2D eigenvalue weighted by atomic mass is 10.2. The van der Waals surface area contributed by atoms with Crippen LogP contribution in [0.15, 0.2) is 52.5 Å². The molecule has 0 amide bonds. The van der Waals surface area contributed by atoms with Crippen molar-refractivity contribution in [1.82, 2.24) is 9.29 Å². The van der Waals surface area contributed by atoms with Crippen LogP contribution in [0.1, 0.15) is 25.7 Å². The van der Waals surface area contributed by atoms with Crippen molar-refractivity contribution in [2.24, 2.45) is 0 Å². The van der Waals surface area contributed by atoms with Gasteiger partial charge >= 0.3 is 0 Å². The minimum absolute atomic E-state index is 0.0695. The molecule has 1 N–H and O–H groups in total. The van der Waals surface area contributed by atoms with Gasteiger partial charge in [-0.05, 0) is 49.2 Å². The summed E-state index contributed by atoms with van der Waals surface area (Å²) in [7, 11) is -3.51. The van der Waals surface area contributed by atoms with Crippen molar-refractivity contribution >= 4 is 21.8 Å². The highest BCUT2D eigenvalue weighted by molar-refractivity contribution is 7.99. The molecule has 1 aliphatic heterocycles. The van der Waals surface area contributed by atoms with Crippen LogP contribution in [0.3, 0.4) is 0 Å². The molecule has 1 aromatic heterocycles. The van der Waals surface area contributed by atoms with E-state index in [1.165, 1.54) is 42.2 Å². The van der Waals surface area contributed by atoms with Crippen molar-refractivity contribution in [3.05, 3.63) is 48.4 Å². The maximum atomic E-state index is 12.9. The van der Waals surface area contributed by atoms with Crippen molar-refractivity contribution in [2.75, 3.05) is 25.4 Å². The average molecular weight is 441 g/mol. The zero-order valence-electron chi connectivity index (χ0n) is 16.0. The van der Waals surface area contributed by atoms with Gasteiger partial charge in [0.25, 0.3) is 0 Å². The number of aliphatic hydroxyl groups excluding tert-OH is 1. The summed E-state index contributed by atoms with van der Waals surface area (Å²) in [6, 6.07) is 8.81. The van der Waals surface area contributed by atoms with Crippen LogP contribution >= 0.6 is 11.8 Å². The third kappa shape index (κ3) is 6.40. The van der Waals surface area contributed by atoms with Gasteiger partial charge in [-0.1, -0.05) is 12.8 Å². The number of halogens is 1. The highest BCUT2D eigenvalue weighted by Crippen LogP contribution is 2.23. The Bertz CT molecular complexity index is 868. The zero-order chi connectivity index (χ0) is 20.7. The molecule has 0 bridgehead atoms. The summed E-state index contributed by atoms with van der Waals surface area (Å²) < 4.78 is 45.3. The molecule has 1 aromatic carbocycles. The van der Waals surface area contributed by atoms with E-state index in [2.05, 4.69) is 4.98 Å². The highest BCUT2D eigenvalue weighted by atomic mass is 32.2. The summed E-state index contributed by atoms with van der Waals surface area (Å²) in [6.07, 6.45) is 4.54. The van der Waals surface area contributed by atoms with Crippen LogP contribution in [-0.2, 0) is 10.0 Å². The van der Waals surface area contributed by atoms with Gasteiger partial charge in [0.2, 0.25) is 10.0 Å². The second-order valence-corrected chi connectivity index (χ2v) is 9.86. The molecule has 158 valence electrons. The van der Waals surface area contributed by atoms with E-state index in [1.54, 1.807) is 16.4 Å². The van der Waals surface area contributed by atoms with E-state index in [0.717, 1.165) is 25.7 Å². The lowest BCUT2D eigenvalue weighted by molar-refractivity contribution is 0.126. The zero-order valence-corrected chi connectivity index (χ0v) is 17.7. The van der Waals surface area contributed by atoms with E-state index >= 15 is 0 Å². The molecule has 9 heteroatoms. The van der Waals surface area contributed by atoms with Crippen LogP contribution in [0.5, 0.6) is 5.75 Å². The number of thioether (sulfide) groups is 1. The Morgan fingerprint density at radius 2 is 1.79 bits per heavy atom. The Balaban J connectivity index is 1.50. The number of sulfonamides is 1. The molecular weight excluding hydrogens is 415 g/mol. The summed E-state index contributed by atoms with van der Waals surface area (Å²) in [5.41, 5.74) is 0. The van der Waals surface area contributed by atoms with E-state index in [1.807, 2.05) is 0 Å². The number of hydrogen-bond donors (Lipinski definition) is 1. The molecule has 0 saturated carbocycles. The smallest absolute Gasteiger partial charge is 0.244 e. The number of pyridine rings is 1. The predicted molar refractivity (Wildman–Crippen MR) is 110 cm³/mol. The summed E-state index contributed by atoms with van der Waals surface area (Å²) in [4.78, 5) is 4.42. The second-order valence-electron chi connectivity index (χ2n) is 6.88. The number of ether oxygens (including phenoxy) is 1. The Kier molecular flexibility index (Phi) is 7.88. The third-order valence-electron chi connectivity index (χ3n) is 4.59. The molecule has 1 fully saturated rings. The van der Waals surface area contributed by atoms with Crippen LogP contribution in [0.25, 0.3) is 0 Å². The fourth-order valence-corrected chi connectivity index (χ4v) is 5.20. The SMILES string of the molecule is O=S(=O)(c1ccc(SC[C@@H](O)COc2ccc(F)cc2)nc1)N1CCCCCC1. The quantitative estimate of drug-likeness (QED) is 0.635. The van der Waals surface area contributed by atoms with E-state index in [4.69, 9.17) is 4.74 Å². The topological polar surface area (TPSA) is 79.7 Å². The monoisotopic (exact) mass is 440 g/mol. The molecule has 3 rings (SSSR count). The van der Waals surface area contributed by atoms with E-state index in [-0.39, 0.29) is 17.3 Å². The number of nitrogens with zero attached hydrogens (tertiary/aromatic N) is 2. The fraction of sp³-hybridized carbons (Fsp3) is 0.450. The first-order valence-corrected chi connectivity index (χ1v) is 12.0. The van der Waals surface area contributed by atoms with Gasteiger partial charge in [0.15, 0.2) is 0 Å². The first-order valence-electron chi connectivity index (χ1n) is 9.60. The van der Waals surface area contributed by atoms with E-state index < -0.39 is 16.1 Å². The lowest BCUT2D eigenvalue weighted by Gasteiger charge is -2.19. The van der Waals surface area contributed by atoms with Crippen molar-refractivity contribution in [3.63, 3.8) is 0 Å². The van der Waals surface area contributed by atoms with Crippen molar-refractivity contribution in [2.45, 2.75) is 41.7 Å². The Hall–Kier alpha value is -1.68. The van der Waals surface area contributed by atoms with Crippen molar-refractivity contribution < 1.29 is 22.7 Å². The van der Waals surface area contributed by atoms with Gasteiger partial charge < -0.3 is 9.84 Å². The first-order chi connectivity index (χ1) is 13.9. The van der Waals surface area contributed by atoms with Crippen molar-refractivity contribution in [1.29, 1.82) is 0 Å². The third-order valence-corrected chi connectivity index (χ3v) is 7.56. The molecule has 2 heterocycles. The van der Waals surface area contributed by atoms with Gasteiger partial charge in [-0.25, -0.2) is 17.8 Å². The number of benzene rings is 1. The predicted octanol–water partition coefficient (Wildman–Crippen LogP) is 3.32. The molecule has 6 nitrogen and oxygen atoms in total. The summed E-state index contributed by atoms with van der Waals surface area (Å²) >= 11 is 1.31. The molecule has 1 aliphatic rings. The molecule has 0 radical (unpaired) electrons. The lowest BCUT2D eigenvalue weighted by Crippen LogP contribution is -2.32. The molecule has 1 saturated heterocycles. The van der Waals surface area contributed by atoms with Gasteiger partial charge in [0.05, 0.1) is 11.1 Å². The van der Waals surface area contributed by atoms with E-state index in [0.29, 0.717) is 29.6 Å². The summed E-state index contributed by atoms with van der Waals surface area (Å²) in [6.45, 7) is 1.18. The van der Waals surface area contributed by atoms with E-state index in [9.17, 15) is 17.9 Å². The highest BCUT2D eigenvalue weighted by Gasteiger charge is 2.25. The summed E-state index contributed by atoms with van der Waals surface area (Å²) in [5, 5.41) is 10.7. The van der Waals surface area contributed by atoms with Crippen molar-refractivity contribution in [3.8, 4) is 5.75 Å². The number of rotatable bonds is 8. The maximum Gasteiger partial charge on any atom is 0.244 e. The van der Waals surface area contributed by atoms with Gasteiger partial charge in [-0.15, -0.1) is 11.8 Å². The standard InChI is InChI=1S/C20H25FN2O4S2/c21-16-5-7-18(8-6-16)27-14-17(24)15-28-20-10-9-19(13-22-20)29(25,26)23-11-3-1-2-4-12-23/h5-10,13,17,24H,1-4,11-12,14-15H2/t17-/m0/s1. The largest absolute Gasteiger partial charge is 0.491 e. The average Bonchev–Trinajstić information content (AvgIpc) is 3.02. The van der Waals surface area contributed by atoms with Crippen LogP contribution < -0.4 is 4.74 Å². The number of aromatic nitrogens is 1. The fourth-order valence-electron chi connectivity index (χ4n) is 2.99. The van der Waals surface area contributed by atoms with Crippen LogP contribution in [-0.4, -0.2) is 54.4 Å².